The van der Waals surface area contributed by atoms with Crippen LogP contribution in [0.1, 0.15) is 13.8 Å². The molecule has 0 aromatic heterocycles. The summed E-state index contributed by atoms with van der Waals surface area (Å²) in [6.45, 7) is 4.39. The number of rotatable bonds is 4. The van der Waals surface area contributed by atoms with Crippen LogP contribution in [0, 0.1) is 0 Å². The van der Waals surface area contributed by atoms with E-state index in [1.807, 2.05) is 0 Å². The van der Waals surface area contributed by atoms with Crippen LogP contribution in [0.2, 0.25) is 12.1 Å². The fourth-order valence-electron chi connectivity index (χ4n) is 0.664. The van der Waals surface area contributed by atoms with Crippen LogP contribution >= 0.6 is 23.2 Å². The van der Waals surface area contributed by atoms with Gasteiger partial charge in [0.1, 0.15) is 0 Å². The lowest BCUT2D eigenvalue weighted by molar-refractivity contribution is 1.24. The third kappa shape index (κ3) is 2.48. The number of halogens is 2. The summed E-state index contributed by atoms with van der Waals surface area (Å²) in [4.78, 5) is 0. The lowest BCUT2D eigenvalue weighted by Crippen LogP contribution is -2.37. The van der Waals surface area contributed by atoms with Crippen LogP contribution in [0.4, 0.5) is 0 Å². The summed E-state index contributed by atoms with van der Waals surface area (Å²) in [7, 11) is -1.16. The molecule has 0 saturated carbocycles. The molecule has 56 valence electrons. The molecule has 9 heavy (non-hydrogen) atoms. The van der Waals surface area contributed by atoms with Crippen LogP contribution in [0.25, 0.3) is 0 Å². The van der Waals surface area contributed by atoms with Gasteiger partial charge < -0.3 is 0 Å². The zero-order valence-electron chi connectivity index (χ0n) is 6.08. The first kappa shape index (κ1) is 9.80. The van der Waals surface area contributed by atoms with Crippen molar-refractivity contribution >= 4 is 31.3 Å². The van der Waals surface area contributed by atoms with Gasteiger partial charge in [0.15, 0.2) is 0 Å². The number of hydrogen-bond donors (Lipinski definition) is 0. The average Bonchev–Trinajstić information content (AvgIpc) is 1.95. The van der Waals surface area contributed by atoms with Crippen molar-refractivity contribution in [1.82, 2.24) is 0 Å². The van der Waals surface area contributed by atoms with Crippen LogP contribution in [0.15, 0.2) is 0 Å². The zero-order valence-corrected chi connectivity index (χ0v) is 8.60. The Morgan fingerprint density at radius 2 is 1.33 bits per heavy atom. The molecule has 0 aliphatic rings. The molecule has 0 aliphatic heterocycles. The largest absolute Gasteiger partial charge is 0.130 e. The molecule has 0 amide bonds. The lowest BCUT2D eigenvalue weighted by atomic mass is 10.9. The summed E-state index contributed by atoms with van der Waals surface area (Å²) < 4.78 is 0. The summed E-state index contributed by atoms with van der Waals surface area (Å²) in [5, 5.41) is 0. The van der Waals surface area contributed by atoms with E-state index >= 15 is 0 Å². The highest BCUT2D eigenvalue weighted by Gasteiger charge is 2.26. The summed E-state index contributed by atoms with van der Waals surface area (Å²) in [5.74, 6) is 0. The third-order valence-corrected chi connectivity index (χ3v) is 9.60. The third-order valence-electron chi connectivity index (χ3n) is 2.07. The van der Waals surface area contributed by atoms with Gasteiger partial charge in [-0.25, -0.2) is 0 Å². The average molecular weight is 185 g/mol. The van der Waals surface area contributed by atoms with Gasteiger partial charge in [-0.2, -0.15) is 0 Å². The Kier molecular flexibility index (Phi) is 4.99. The smallest absolute Gasteiger partial charge is 0.0854 e. The highest BCUT2D eigenvalue weighted by atomic mass is 35.5. The first-order chi connectivity index (χ1) is 4.24. The molecule has 0 aromatic rings. The topological polar surface area (TPSA) is 0 Å². The lowest BCUT2D eigenvalue weighted by Gasteiger charge is -2.22. The highest BCUT2D eigenvalue weighted by Crippen LogP contribution is 2.17. The molecule has 0 rings (SSSR count). The second-order valence-electron chi connectivity index (χ2n) is 2.47. The summed E-state index contributed by atoms with van der Waals surface area (Å²) in [6.07, 6.45) is 0. The molecule has 0 unspecified atom stereocenters. The van der Waals surface area contributed by atoms with Crippen molar-refractivity contribution in [2.75, 3.05) is 11.0 Å². The first-order valence-electron chi connectivity index (χ1n) is 3.36. The molecule has 0 fully saturated rings. The minimum Gasteiger partial charge on any atom is -0.130 e. The Hall–Kier alpha value is 0.797. The number of alkyl halides is 2. The molecule has 0 radical (unpaired) electrons. The Labute approximate surface area is 68.6 Å². The van der Waals surface area contributed by atoms with Gasteiger partial charge in [0.05, 0.1) is 8.07 Å². The Morgan fingerprint density at radius 1 is 1.00 bits per heavy atom. The van der Waals surface area contributed by atoms with Crippen LogP contribution < -0.4 is 0 Å². The van der Waals surface area contributed by atoms with Crippen molar-refractivity contribution in [3.63, 3.8) is 0 Å². The van der Waals surface area contributed by atoms with Gasteiger partial charge in [0, 0.05) is 11.0 Å². The van der Waals surface area contributed by atoms with Gasteiger partial charge in [0.25, 0.3) is 0 Å². The molecule has 0 N–H and O–H groups in total. The fraction of sp³-hybridized carbons (Fsp3) is 1.00. The molecular formula is C6H14Cl2Si. The second-order valence-corrected chi connectivity index (χ2v) is 9.03. The van der Waals surface area contributed by atoms with Gasteiger partial charge in [-0.3, -0.25) is 0 Å². The minimum absolute atomic E-state index is 0.823. The molecular weight excluding hydrogens is 171 g/mol. The molecule has 0 aromatic carbocycles. The second kappa shape index (κ2) is 4.59. The zero-order chi connectivity index (χ0) is 7.33. The van der Waals surface area contributed by atoms with E-state index in [4.69, 9.17) is 23.2 Å². The molecule has 3 heteroatoms. The highest BCUT2D eigenvalue weighted by molar-refractivity contribution is 6.89. The van der Waals surface area contributed by atoms with Gasteiger partial charge in [-0.05, 0) is 0 Å². The molecule has 0 nitrogen and oxygen atoms in total. The molecule has 0 heterocycles. The predicted octanol–water partition coefficient (Wildman–Crippen LogP) is 3.03. The van der Waals surface area contributed by atoms with Gasteiger partial charge in [-0.15, -0.1) is 23.2 Å². The summed E-state index contributed by atoms with van der Waals surface area (Å²) >= 11 is 11.6. The molecule has 0 atom stereocenters. The molecule has 0 aliphatic carbocycles. The maximum absolute atomic E-state index is 5.80. The van der Waals surface area contributed by atoms with Crippen molar-refractivity contribution < 1.29 is 0 Å². The summed E-state index contributed by atoms with van der Waals surface area (Å²) in [5.41, 5.74) is 1.65. The Bertz CT molecular complexity index is 53.9. The van der Waals surface area contributed by atoms with Crippen LogP contribution in [0.5, 0.6) is 0 Å². The maximum Gasteiger partial charge on any atom is 0.0854 e. The van der Waals surface area contributed by atoms with Crippen LogP contribution in [0.3, 0.4) is 0 Å². The van der Waals surface area contributed by atoms with E-state index in [9.17, 15) is 0 Å². The van der Waals surface area contributed by atoms with Crippen LogP contribution in [-0.2, 0) is 0 Å². The van der Waals surface area contributed by atoms with Crippen molar-refractivity contribution in [2.45, 2.75) is 25.9 Å². The standard InChI is InChI=1S/C6H14Cl2Si/c1-3-9(4-2,5-7)6-8/h3-6H2,1-2H3. The molecule has 0 saturated heterocycles. The Balaban J connectivity index is 3.82. The van der Waals surface area contributed by atoms with E-state index in [0.717, 1.165) is 11.0 Å². The van der Waals surface area contributed by atoms with E-state index in [1.54, 1.807) is 0 Å². The first-order valence-corrected chi connectivity index (χ1v) is 7.26. The van der Waals surface area contributed by atoms with E-state index in [-0.39, 0.29) is 0 Å². The van der Waals surface area contributed by atoms with Gasteiger partial charge >= 0.3 is 0 Å². The van der Waals surface area contributed by atoms with Crippen molar-refractivity contribution in [3.05, 3.63) is 0 Å². The van der Waals surface area contributed by atoms with Crippen molar-refractivity contribution in [2.24, 2.45) is 0 Å². The van der Waals surface area contributed by atoms with Gasteiger partial charge in [0.2, 0.25) is 0 Å². The minimum atomic E-state index is -1.16. The van der Waals surface area contributed by atoms with E-state index in [2.05, 4.69) is 13.8 Å². The Morgan fingerprint density at radius 3 is 1.33 bits per heavy atom. The monoisotopic (exact) mass is 184 g/mol. The normalized spacial score (nSPS) is 12.0. The van der Waals surface area contributed by atoms with E-state index in [0.29, 0.717) is 0 Å². The number of hydrogen-bond acceptors (Lipinski definition) is 0. The van der Waals surface area contributed by atoms with Crippen molar-refractivity contribution in [3.8, 4) is 0 Å². The van der Waals surface area contributed by atoms with E-state index in [1.165, 1.54) is 12.1 Å². The summed E-state index contributed by atoms with van der Waals surface area (Å²) in [6, 6.07) is 2.44. The molecule has 0 bridgehead atoms. The quantitative estimate of drug-likeness (QED) is 0.466. The molecule has 0 spiro atoms. The van der Waals surface area contributed by atoms with Gasteiger partial charge in [-0.1, -0.05) is 25.9 Å². The maximum atomic E-state index is 5.80. The fourth-order valence-corrected chi connectivity index (χ4v) is 5.12. The predicted molar refractivity (Wildman–Crippen MR) is 48.2 cm³/mol. The van der Waals surface area contributed by atoms with E-state index < -0.39 is 8.07 Å². The SMILES string of the molecule is CC[Si](CC)(CCl)CCl. The van der Waals surface area contributed by atoms with Crippen LogP contribution in [-0.4, -0.2) is 19.1 Å². The van der Waals surface area contributed by atoms with Crippen molar-refractivity contribution in [1.29, 1.82) is 0 Å².